The van der Waals surface area contributed by atoms with Crippen LogP contribution in [0.3, 0.4) is 0 Å². The summed E-state index contributed by atoms with van der Waals surface area (Å²) >= 11 is 3.48. The smallest absolute Gasteiger partial charge is 0.133 e. The number of hydrogen-bond donors (Lipinski definition) is 1. The maximum absolute atomic E-state index is 9.30. The zero-order valence-corrected chi connectivity index (χ0v) is 12.8. The fraction of sp³-hybridized carbons (Fsp3) is 0.500. The molecule has 4 heteroatoms. The van der Waals surface area contributed by atoms with E-state index in [-0.39, 0.29) is 12.0 Å². The summed E-state index contributed by atoms with van der Waals surface area (Å²) in [6, 6.07) is 8.33. The van der Waals surface area contributed by atoms with Crippen molar-refractivity contribution in [2.24, 2.45) is 11.8 Å². The van der Waals surface area contributed by atoms with Crippen LogP contribution in [0.2, 0.25) is 0 Å². The van der Waals surface area contributed by atoms with Crippen molar-refractivity contribution in [3.8, 4) is 11.8 Å². The van der Waals surface area contributed by atoms with E-state index < -0.39 is 0 Å². The Bertz CT molecular complexity index is 440. The molecule has 0 spiro atoms. The van der Waals surface area contributed by atoms with E-state index in [2.05, 4.69) is 41.2 Å². The summed E-state index contributed by atoms with van der Waals surface area (Å²) in [6.45, 7) is 4.13. The topological polar surface area (TPSA) is 45.0 Å². The van der Waals surface area contributed by atoms with E-state index in [9.17, 15) is 5.26 Å². The van der Waals surface area contributed by atoms with Gasteiger partial charge in [0.15, 0.2) is 0 Å². The van der Waals surface area contributed by atoms with Gasteiger partial charge in [-0.2, -0.15) is 5.26 Å². The number of nitrogens with zero attached hydrogens (tertiary/aromatic N) is 1. The molecule has 3 nitrogen and oxygen atoms in total. The van der Waals surface area contributed by atoms with Gasteiger partial charge >= 0.3 is 0 Å². The van der Waals surface area contributed by atoms with Crippen LogP contribution in [0.1, 0.15) is 25.5 Å². The normalized spacial score (nSPS) is 14.1. The predicted octanol–water partition coefficient (Wildman–Crippen LogP) is 3.51. The van der Waals surface area contributed by atoms with E-state index in [1.54, 1.807) is 7.11 Å². The van der Waals surface area contributed by atoms with Crippen molar-refractivity contribution in [2.45, 2.75) is 19.9 Å². The average Bonchev–Trinajstić information content (AvgIpc) is 2.35. The summed E-state index contributed by atoms with van der Waals surface area (Å²) in [4.78, 5) is 0. The van der Waals surface area contributed by atoms with E-state index in [4.69, 9.17) is 4.74 Å². The van der Waals surface area contributed by atoms with Crippen LogP contribution in [0.25, 0.3) is 0 Å². The Labute approximate surface area is 117 Å². The zero-order valence-electron chi connectivity index (χ0n) is 11.2. The van der Waals surface area contributed by atoms with E-state index in [0.29, 0.717) is 5.92 Å². The molecular formula is C14H19BrN2O. The highest BCUT2D eigenvalue weighted by Crippen LogP contribution is 2.32. The molecule has 0 aliphatic rings. The first-order valence-corrected chi connectivity index (χ1v) is 6.74. The Kier molecular flexibility index (Phi) is 5.64. The van der Waals surface area contributed by atoms with Crippen LogP contribution in [-0.4, -0.2) is 14.2 Å². The van der Waals surface area contributed by atoms with Crippen molar-refractivity contribution in [3.63, 3.8) is 0 Å². The zero-order chi connectivity index (χ0) is 13.7. The van der Waals surface area contributed by atoms with Crippen LogP contribution in [0, 0.1) is 23.2 Å². The highest BCUT2D eigenvalue weighted by molar-refractivity contribution is 9.10. The molecule has 0 heterocycles. The first-order valence-electron chi connectivity index (χ1n) is 5.95. The van der Waals surface area contributed by atoms with Gasteiger partial charge in [0.1, 0.15) is 5.75 Å². The lowest BCUT2D eigenvalue weighted by Crippen LogP contribution is -2.27. The first kappa shape index (κ1) is 15.0. The van der Waals surface area contributed by atoms with Crippen molar-refractivity contribution < 1.29 is 4.74 Å². The van der Waals surface area contributed by atoms with Crippen molar-refractivity contribution >= 4 is 15.9 Å². The summed E-state index contributed by atoms with van der Waals surface area (Å²) in [7, 11) is 3.52. The molecule has 1 aromatic rings. The Morgan fingerprint density at radius 1 is 1.39 bits per heavy atom. The summed E-state index contributed by atoms with van der Waals surface area (Å²) in [6.07, 6.45) is 0. The second kappa shape index (κ2) is 6.77. The molecule has 0 saturated heterocycles. The summed E-state index contributed by atoms with van der Waals surface area (Å²) in [5, 5.41) is 12.5. The predicted molar refractivity (Wildman–Crippen MR) is 76.4 cm³/mol. The molecule has 0 saturated carbocycles. The standard InChI is InChI=1S/C14H19BrN2O/c1-9(2)11(8-16)14(17-3)10-5-6-13(18-4)12(15)7-10/h5-7,9,11,14,17H,1-4H3. The van der Waals surface area contributed by atoms with Gasteiger partial charge in [-0.1, -0.05) is 19.9 Å². The minimum Gasteiger partial charge on any atom is -0.496 e. The number of hydrogen-bond acceptors (Lipinski definition) is 3. The van der Waals surface area contributed by atoms with Crippen molar-refractivity contribution in [2.75, 3.05) is 14.2 Å². The van der Waals surface area contributed by atoms with E-state index >= 15 is 0 Å². The Morgan fingerprint density at radius 2 is 2.06 bits per heavy atom. The fourth-order valence-electron chi connectivity index (χ4n) is 2.04. The van der Waals surface area contributed by atoms with Gasteiger partial charge in [-0.05, 0) is 46.6 Å². The van der Waals surface area contributed by atoms with Gasteiger partial charge in [-0.25, -0.2) is 0 Å². The molecule has 0 aliphatic heterocycles. The lowest BCUT2D eigenvalue weighted by Gasteiger charge is -2.25. The van der Waals surface area contributed by atoms with Gasteiger partial charge in [0.05, 0.1) is 23.6 Å². The van der Waals surface area contributed by atoms with Crippen molar-refractivity contribution in [3.05, 3.63) is 28.2 Å². The van der Waals surface area contributed by atoms with E-state index in [0.717, 1.165) is 15.8 Å². The largest absolute Gasteiger partial charge is 0.496 e. The van der Waals surface area contributed by atoms with Crippen LogP contribution in [0.5, 0.6) is 5.75 Å². The Hall–Kier alpha value is -1.05. The molecule has 1 rings (SSSR count). The van der Waals surface area contributed by atoms with Crippen molar-refractivity contribution in [1.82, 2.24) is 5.32 Å². The molecule has 98 valence electrons. The molecule has 1 aromatic carbocycles. The number of benzene rings is 1. The molecule has 0 aliphatic carbocycles. The molecule has 2 atom stereocenters. The maximum Gasteiger partial charge on any atom is 0.133 e. The van der Waals surface area contributed by atoms with Gasteiger partial charge in [0, 0.05) is 6.04 Å². The minimum atomic E-state index is -0.0599. The maximum atomic E-state index is 9.30. The highest BCUT2D eigenvalue weighted by atomic mass is 79.9. The van der Waals surface area contributed by atoms with Crippen LogP contribution in [0.15, 0.2) is 22.7 Å². The Morgan fingerprint density at radius 3 is 2.44 bits per heavy atom. The molecule has 1 N–H and O–H groups in total. The number of rotatable bonds is 5. The third-order valence-electron chi connectivity index (χ3n) is 3.07. The summed E-state index contributed by atoms with van der Waals surface area (Å²) in [5.74, 6) is 1.04. The molecule has 0 fully saturated rings. The van der Waals surface area contributed by atoms with Crippen molar-refractivity contribution in [1.29, 1.82) is 5.26 Å². The minimum absolute atomic E-state index is 0.0252. The second-order valence-corrected chi connectivity index (χ2v) is 5.41. The number of halogens is 1. The molecular weight excluding hydrogens is 292 g/mol. The van der Waals surface area contributed by atoms with Crippen LogP contribution >= 0.6 is 15.9 Å². The number of nitriles is 1. The quantitative estimate of drug-likeness (QED) is 0.905. The molecule has 0 amide bonds. The highest BCUT2D eigenvalue weighted by Gasteiger charge is 2.25. The third-order valence-corrected chi connectivity index (χ3v) is 3.69. The monoisotopic (exact) mass is 310 g/mol. The van der Waals surface area contributed by atoms with Gasteiger partial charge < -0.3 is 10.1 Å². The van der Waals surface area contributed by atoms with Crippen LogP contribution < -0.4 is 10.1 Å². The number of methoxy groups -OCH3 is 1. The molecule has 18 heavy (non-hydrogen) atoms. The third kappa shape index (κ3) is 3.24. The molecule has 0 aromatic heterocycles. The molecule has 2 unspecified atom stereocenters. The summed E-state index contributed by atoms with van der Waals surface area (Å²) in [5.41, 5.74) is 1.09. The molecule has 0 radical (unpaired) electrons. The second-order valence-electron chi connectivity index (χ2n) is 4.56. The van der Waals surface area contributed by atoms with Gasteiger partial charge in [0.25, 0.3) is 0 Å². The first-order chi connectivity index (χ1) is 8.54. The Balaban J connectivity index is 3.10. The lowest BCUT2D eigenvalue weighted by molar-refractivity contribution is 0.362. The molecule has 0 bridgehead atoms. The van der Waals surface area contributed by atoms with Crippen LogP contribution in [0.4, 0.5) is 0 Å². The van der Waals surface area contributed by atoms with Gasteiger partial charge in [0.2, 0.25) is 0 Å². The average molecular weight is 311 g/mol. The fourth-order valence-corrected chi connectivity index (χ4v) is 2.60. The lowest BCUT2D eigenvalue weighted by atomic mass is 9.86. The van der Waals surface area contributed by atoms with E-state index in [1.165, 1.54) is 0 Å². The van der Waals surface area contributed by atoms with Gasteiger partial charge in [-0.3, -0.25) is 0 Å². The summed E-state index contributed by atoms with van der Waals surface area (Å²) < 4.78 is 6.12. The van der Waals surface area contributed by atoms with Gasteiger partial charge in [-0.15, -0.1) is 0 Å². The van der Waals surface area contributed by atoms with E-state index in [1.807, 2.05) is 25.2 Å². The SMILES string of the molecule is CNC(c1ccc(OC)c(Br)c1)C(C#N)C(C)C. The number of ether oxygens (including phenoxy) is 1. The number of nitrogens with one attached hydrogen (secondary N) is 1. The van der Waals surface area contributed by atoms with Crippen LogP contribution in [-0.2, 0) is 0 Å².